The van der Waals surface area contributed by atoms with Gasteiger partial charge in [0, 0.05) is 5.69 Å². The maximum atomic E-state index is 13.0. The largest absolute Gasteiger partial charge is 0.467 e. The first-order chi connectivity index (χ1) is 14.1. The first kappa shape index (κ1) is 18.9. The number of hydrogen-bond donors (Lipinski definition) is 1. The topological polar surface area (TPSA) is 86.2 Å². The molecule has 0 aliphatic carbocycles. The monoisotopic (exact) mass is 409 g/mol. The van der Waals surface area contributed by atoms with E-state index in [1.807, 2.05) is 31.2 Å². The van der Waals surface area contributed by atoms with Gasteiger partial charge in [-0.15, -0.1) is 11.3 Å². The summed E-state index contributed by atoms with van der Waals surface area (Å²) in [5.74, 6) is 0.164. The summed E-state index contributed by atoms with van der Waals surface area (Å²) in [4.78, 5) is 38.5. The standard InChI is InChI=1S/C21H19N3O4S/c1-2-14-6-3-4-8-16(14)22-18(25)13-23-17-9-11-29-19(17)20(26)24(21(23)27)12-15-7-5-10-28-15/h3-11H,2,12-13H2,1H3,(H,22,25). The number of nitrogens with zero attached hydrogens (tertiary/aromatic N) is 2. The SMILES string of the molecule is CCc1ccccc1NC(=O)Cn1c(=O)n(Cc2ccco2)c(=O)c2sccc21. The number of furan rings is 1. The molecular weight excluding hydrogens is 390 g/mol. The van der Waals surface area contributed by atoms with Crippen molar-refractivity contribution in [1.82, 2.24) is 9.13 Å². The molecule has 0 atom stereocenters. The molecule has 4 rings (SSSR count). The first-order valence-corrected chi connectivity index (χ1v) is 10.1. The fourth-order valence-electron chi connectivity index (χ4n) is 3.27. The zero-order chi connectivity index (χ0) is 20.4. The Balaban J connectivity index is 1.71. The molecule has 148 valence electrons. The molecule has 0 radical (unpaired) electrons. The Kier molecular flexibility index (Phi) is 5.18. The number of para-hydroxylation sites is 1. The number of benzene rings is 1. The zero-order valence-electron chi connectivity index (χ0n) is 15.8. The molecule has 1 N–H and O–H groups in total. The average Bonchev–Trinajstić information content (AvgIpc) is 3.41. The summed E-state index contributed by atoms with van der Waals surface area (Å²) in [6.07, 6.45) is 2.26. The lowest BCUT2D eigenvalue weighted by Gasteiger charge is -2.13. The Morgan fingerprint density at radius 3 is 2.69 bits per heavy atom. The van der Waals surface area contributed by atoms with E-state index >= 15 is 0 Å². The van der Waals surface area contributed by atoms with E-state index in [1.54, 1.807) is 23.6 Å². The number of aryl methyl sites for hydroxylation is 1. The van der Waals surface area contributed by atoms with Crippen LogP contribution < -0.4 is 16.6 Å². The summed E-state index contributed by atoms with van der Waals surface area (Å²) >= 11 is 1.25. The number of thiophene rings is 1. The Hall–Kier alpha value is -3.39. The third-order valence-corrected chi connectivity index (χ3v) is 5.60. The van der Waals surface area contributed by atoms with Gasteiger partial charge in [0.25, 0.3) is 5.56 Å². The normalized spacial score (nSPS) is 11.1. The van der Waals surface area contributed by atoms with Crippen LogP contribution in [0.1, 0.15) is 18.2 Å². The lowest BCUT2D eigenvalue weighted by molar-refractivity contribution is -0.116. The molecule has 0 saturated heterocycles. The van der Waals surface area contributed by atoms with Crippen molar-refractivity contribution in [2.24, 2.45) is 0 Å². The van der Waals surface area contributed by atoms with Gasteiger partial charge in [0.1, 0.15) is 17.0 Å². The van der Waals surface area contributed by atoms with Crippen molar-refractivity contribution < 1.29 is 9.21 Å². The van der Waals surface area contributed by atoms with E-state index in [2.05, 4.69) is 5.32 Å². The molecule has 3 heterocycles. The minimum Gasteiger partial charge on any atom is -0.467 e. The van der Waals surface area contributed by atoms with Crippen LogP contribution in [0.15, 0.2) is 68.1 Å². The quantitative estimate of drug-likeness (QED) is 0.530. The van der Waals surface area contributed by atoms with Gasteiger partial charge in [-0.3, -0.25) is 18.7 Å². The van der Waals surface area contributed by atoms with Crippen LogP contribution in [-0.2, 0) is 24.3 Å². The smallest absolute Gasteiger partial charge is 0.332 e. The van der Waals surface area contributed by atoms with Gasteiger partial charge in [0.05, 0.1) is 18.3 Å². The summed E-state index contributed by atoms with van der Waals surface area (Å²) < 4.78 is 8.15. The number of fused-ring (bicyclic) bond motifs is 1. The molecule has 8 heteroatoms. The highest BCUT2D eigenvalue weighted by molar-refractivity contribution is 7.17. The van der Waals surface area contributed by atoms with Crippen LogP contribution in [0.2, 0.25) is 0 Å². The molecule has 0 aliphatic heterocycles. The number of hydrogen-bond acceptors (Lipinski definition) is 5. The lowest BCUT2D eigenvalue weighted by atomic mass is 10.1. The molecule has 4 aromatic rings. The third kappa shape index (κ3) is 3.66. The van der Waals surface area contributed by atoms with Crippen molar-refractivity contribution in [2.75, 3.05) is 5.32 Å². The summed E-state index contributed by atoms with van der Waals surface area (Å²) in [7, 11) is 0. The molecule has 29 heavy (non-hydrogen) atoms. The summed E-state index contributed by atoms with van der Waals surface area (Å²) in [6, 6.07) is 12.6. The highest BCUT2D eigenvalue weighted by Gasteiger charge is 2.17. The molecule has 0 aliphatic rings. The number of carbonyl (C=O) groups is 1. The Morgan fingerprint density at radius 2 is 1.93 bits per heavy atom. The zero-order valence-corrected chi connectivity index (χ0v) is 16.6. The number of anilines is 1. The Morgan fingerprint density at radius 1 is 1.10 bits per heavy atom. The fraction of sp³-hybridized carbons (Fsp3) is 0.190. The molecule has 0 fully saturated rings. The molecule has 0 unspecified atom stereocenters. The average molecular weight is 409 g/mol. The number of aromatic nitrogens is 2. The highest BCUT2D eigenvalue weighted by Crippen LogP contribution is 2.17. The second-order valence-corrected chi connectivity index (χ2v) is 7.45. The van der Waals surface area contributed by atoms with Gasteiger partial charge in [-0.25, -0.2) is 4.79 Å². The van der Waals surface area contributed by atoms with E-state index in [0.29, 0.717) is 16.0 Å². The first-order valence-electron chi connectivity index (χ1n) is 9.19. The van der Waals surface area contributed by atoms with Gasteiger partial charge in [-0.1, -0.05) is 25.1 Å². The molecule has 0 saturated carbocycles. The van der Waals surface area contributed by atoms with Gasteiger partial charge in [0.2, 0.25) is 5.91 Å². The predicted molar refractivity (Wildman–Crippen MR) is 113 cm³/mol. The van der Waals surface area contributed by atoms with Crippen molar-refractivity contribution in [3.63, 3.8) is 0 Å². The third-order valence-electron chi connectivity index (χ3n) is 4.70. The maximum absolute atomic E-state index is 13.0. The van der Waals surface area contributed by atoms with Crippen LogP contribution in [0.4, 0.5) is 5.69 Å². The van der Waals surface area contributed by atoms with Gasteiger partial charge in [0.15, 0.2) is 0 Å². The molecule has 7 nitrogen and oxygen atoms in total. The summed E-state index contributed by atoms with van der Waals surface area (Å²) in [5, 5.41) is 4.61. The van der Waals surface area contributed by atoms with E-state index in [4.69, 9.17) is 4.42 Å². The van der Waals surface area contributed by atoms with E-state index < -0.39 is 5.69 Å². The van der Waals surface area contributed by atoms with Crippen LogP contribution in [-0.4, -0.2) is 15.0 Å². The number of rotatable bonds is 6. The van der Waals surface area contributed by atoms with E-state index in [9.17, 15) is 14.4 Å². The predicted octanol–water partition coefficient (Wildman–Crippen LogP) is 3.07. The van der Waals surface area contributed by atoms with Gasteiger partial charge in [-0.2, -0.15) is 0 Å². The van der Waals surface area contributed by atoms with Crippen molar-refractivity contribution >= 4 is 33.1 Å². The van der Waals surface area contributed by atoms with Gasteiger partial charge >= 0.3 is 5.69 Å². The number of amides is 1. The molecule has 1 aromatic carbocycles. The van der Waals surface area contributed by atoms with Crippen molar-refractivity contribution in [3.8, 4) is 0 Å². The second kappa shape index (κ2) is 7.92. The molecular formula is C21H19N3O4S. The summed E-state index contributed by atoms with van der Waals surface area (Å²) in [5.41, 5.74) is 1.26. The number of nitrogens with one attached hydrogen (secondary N) is 1. The van der Waals surface area contributed by atoms with Gasteiger partial charge in [-0.05, 0) is 41.6 Å². The Bertz CT molecular complexity index is 1280. The second-order valence-electron chi connectivity index (χ2n) is 6.53. The number of carbonyl (C=O) groups excluding carboxylic acids is 1. The van der Waals surface area contributed by atoms with Gasteiger partial charge < -0.3 is 9.73 Å². The lowest BCUT2D eigenvalue weighted by Crippen LogP contribution is -2.41. The van der Waals surface area contributed by atoms with Crippen LogP contribution in [0.25, 0.3) is 10.2 Å². The molecule has 3 aromatic heterocycles. The molecule has 0 bridgehead atoms. The van der Waals surface area contributed by atoms with E-state index in [1.165, 1.54) is 22.2 Å². The minimum atomic E-state index is -0.545. The van der Waals surface area contributed by atoms with Crippen LogP contribution in [0.5, 0.6) is 0 Å². The highest BCUT2D eigenvalue weighted by atomic mass is 32.1. The Labute approximate surface area is 169 Å². The maximum Gasteiger partial charge on any atom is 0.332 e. The summed E-state index contributed by atoms with van der Waals surface area (Å²) in [6.45, 7) is 1.83. The van der Waals surface area contributed by atoms with Crippen LogP contribution >= 0.6 is 11.3 Å². The molecule has 0 spiro atoms. The van der Waals surface area contributed by atoms with Crippen LogP contribution in [0.3, 0.4) is 0 Å². The molecule has 1 amide bonds. The van der Waals surface area contributed by atoms with E-state index in [-0.39, 0.29) is 24.6 Å². The van der Waals surface area contributed by atoms with E-state index in [0.717, 1.165) is 22.2 Å². The van der Waals surface area contributed by atoms with Crippen molar-refractivity contribution in [2.45, 2.75) is 26.4 Å². The fourth-order valence-corrected chi connectivity index (χ4v) is 4.11. The van der Waals surface area contributed by atoms with Crippen LogP contribution in [0, 0.1) is 0 Å². The minimum absolute atomic E-state index is 0.0127. The van der Waals surface area contributed by atoms with Crippen molar-refractivity contribution in [3.05, 3.63) is 86.3 Å². The van der Waals surface area contributed by atoms with Crippen molar-refractivity contribution in [1.29, 1.82) is 0 Å².